The topological polar surface area (TPSA) is 64.8 Å². The van der Waals surface area contributed by atoms with Crippen molar-refractivity contribution < 1.29 is 14.3 Å². The second kappa shape index (κ2) is 6.43. The Morgan fingerprint density at radius 3 is 3.16 bits per heavy atom. The molecule has 1 aromatic rings. The van der Waals surface area contributed by atoms with Gasteiger partial charge in [-0.2, -0.15) is 0 Å². The molecule has 1 heterocycles. The first-order valence-corrected chi connectivity index (χ1v) is 6.53. The van der Waals surface area contributed by atoms with Crippen LogP contribution >= 0.6 is 0 Å². The number of morpholine rings is 1. The summed E-state index contributed by atoms with van der Waals surface area (Å²) in [4.78, 5) is 13.8. The summed E-state index contributed by atoms with van der Waals surface area (Å²) in [6, 6.07) is 7.21. The number of ether oxygens (including phenoxy) is 2. The summed E-state index contributed by atoms with van der Waals surface area (Å²) < 4.78 is 10.9. The summed E-state index contributed by atoms with van der Waals surface area (Å²) in [5, 5.41) is 0. The van der Waals surface area contributed by atoms with Crippen LogP contribution in [0.4, 0.5) is 5.69 Å². The monoisotopic (exact) mass is 264 g/mol. The fraction of sp³-hybridized carbons (Fsp3) is 0.500. The zero-order valence-electron chi connectivity index (χ0n) is 11.2. The molecular weight excluding hydrogens is 244 g/mol. The third-order valence-corrected chi connectivity index (χ3v) is 3.04. The van der Waals surface area contributed by atoms with Crippen molar-refractivity contribution in [2.75, 3.05) is 32.0 Å². The minimum atomic E-state index is 0.110. The molecule has 0 bridgehead atoms. The first kappa shape index (κ1) is 13.7. The predicted octanol–water partition coefficient (Wildman–Crippen LogP) is 1.29. The van der Waals surface area contributed by atoms with E-state index < -0.39 is 0 Å². The van der Waals surface area contributed by atoms with Crippen LogP contribution < -0.4 is 10.5 Å². The summed E-state index contributed by atoms with van der Waals surface area (Å²) in [7, 11) is 0. The molecule has 19 heavy (non-hydrogen) atoms. The number of nitrogens with zero attached hydrogens (tertiary/aromatic N) is 1. The molecule has 5 nitrogen and oxygen atoms in total. The van der Waals surface area contributed by atoms with Crippen molar-refractivity contribution in [3.8, 4) is 5.75 Å². The number of benzene rings is 1. The van der Waals surface area contributed by atoms with Gasteiger partial charge in [-0.25, -0.2) is 0 Å². The zero-order chi connectivity index (χ0) is 13.7. The maximum absolute atomic E-state index is 12.0. The molecule has 1 aromatic carbocycles. The Hall–Kier alpha value is -1.75. The summed E-state index contributed by atoms with van der Waals surface area (Å²) in [6.45, 7) is 4.29. The van der Waals surface area contributed by atoms with Crippen LogP contribution in [0.25, 0.3) is 0 Å². The molecule has 0 spiro atoms. The van der Waals surface area contributed by atoms with Gasteiger partial charge in [0, 0.05) is 24.8 Å². The number of rotatable bonds is 4. The number of carbonyl (C=O) groups is 1. The van der Waals surface area contributed by atoms with E-state index in [1.165, 1.54) is 0 Å². The van der Waals surface area contributed by atoms with Gasteiger partial charge in [0.25, 0.3) is 0 Å². The molecule has 0 radical (unpaired) electrons. The molecule has 5 heteroatoms. The van der Waals surface area contributed by atoms with E-state index in [0.29, 0.717) is 44.2 Å². The number of hydrogen-bond acceptors (Lipinski definition) is 4. The molecule has 1 atom stereocenters. The minimum Gasteiger partial charge on any atom is -0.493 e. The van der Waals surface area contributed by atoms with Crippen molar-refractivity contribution >= 4 is 11.6 Å². The van der Waals surface area contributed by atoms with E-state index in [9.17, 15) is 4.79 Å². The van der Waals surface area contributed by atoms with E-state index in [4.69, 9.17) is 15.2 Å². The van der Waals surface area contributed by atoms with Gasteiger partial charge in [0.05, 0.1) is 25.7 Å². The van der Waals surface area contributed by atoms with E-state index >= 15 is 0 Å². The molecule has 1 fully saturated rings. The molecule has 0 saturated carbocycles. The molecule has 1 unspecified atom stereocenters. The Labute approximate surface area is 113 Å². The van der Waals surface area contributed by atoms with Gasteiger partial charge < -0.3 is 20.1 Å². The van der Waals surface area contributed by atoms with E-state index in [1.54, 1.807) is 12.1 Å². The van der Waals surface area contributed by atoms with E-state index in [2.05, 4.69) is 0 Å². The van der Waals surface area contributed by atoms with Crippen molar-refractivity contribution in [3.63, 3.8) is 0 Å². The first-order chi connectivity index (χ1) is 9.15. The van der Waals surface area contributed by atoms with E-state index in [-0.39, 0.29) is 12.0 Å². The number of nitrogen functional groups attached to an aromatic ring is 1. The van der Waals surface area contributed by atoms with Crippen LogP contribution in [0.1, 0.15) is 13.3 Å². The third kappa shape index (κ3) is 4.13. The van der Waals surface area contributed by atoms with E-state index in [0.717, 1.165) is 0 Å². The first-order valence-electron chi connectivity index (χ1n) is 6.53. The Kier molecular flexibility index (Phi) is 4.63. The molecule has 0 aliphatic carbocycles. The lowest BCUT2D eigenvalue weighted by Gasteiger charge is -2.31. The lowest BCUT2D eigenvalue weighted by atomic mass is 10.2. The molecule has 0 aromatic heterocycles. The molecule has 1 aliphatic heterocycles. The normalized spacial score (nSPS) is 19.2. The average Bonchev–Trinajstić information content (AvgIpc) is 2.38. The molecule has 2 rings (SSSR count). The maximum atomic E-state index is 12.0. The lowest BCUT2D eigenvalue weighted by Crippen LogP contribution is -2.44. The summed E-state index contributed by atoms with van der Waals surface area (Å²) in [6.07, 6.45) is 0.495. The fourth-order valence-corrected chi connectivity index (χ4v) is 2.06. The molecule has 2 N–H and O–H groups in total. The molecule has 104 valence electrons. The Morgan fingerprint density at radius 2 is 2.42 bits per heavy atom. The maximum Gasteiger partial charge on any atom is 0.226 e. The average molecular weight is 264 g/mol. The smallest absolute Gasteiger partial charge is 0.226 e. The summed E-state index contributed by atoms with van der Waals surface area (Å²) in [5.41, 5.74) is 6.31. The van der Waals surface area contributed by atoms with Crippen LogP contribution in [0, 0.1) is 0 Å². The second-order valence-electron chi connectivity index (χ2n) is 4.69. The largest absolute Gasteiger partial charge is 0.493 e. The molecule has 1 saturated heterocycles. The van der Waals surface area contributed by atoms with Crippen LogP contribution in [0.5, 0.6) is 5.75 Å². The SMILES string of the molecule is CC1CN(C(=O)CCOc2cccc(N)c2)CCO1. The summed E-state index contributed by atoms with van der Waals surface area (Å²) >= 11 is 0. The lowest BCUT2D eigenvalue weighted by molar-refractivity contribution is -0.138. The van der Waals surface area contributed by atoms with Crippen LogP contribution in [0.2, 0.25) is 0 Å². The van der Waals surface area contributed by atoms with Crippen LogP contribution in [0.15, 0.2) is 24.3 Å². The minimum absolute atomic E-state index is 0.110. The van der Waals surface area contributed by atoms with E-state index in [1.807, 2.05) is 24.0 Å². The van der Waals surface area contributed by atoms with Crippen LogP contribution in [-0.2, 0) is 9.53 Å². The van der Waals surface area contributed by atoms with Crippen molar-refractivity contribution in [2.45, 2.75) is 19.4 Å². The van der Waals surface area contributed by atoms with Gasteiger partial charge in [-0.05, 0) is 19.1 Å². The number of anilines is 1. The van der Waals surface area contributed by atoms with Crippen LogP contribution in [0.3, 0.4) is 0 Å². The zero-order valence-corrected chi connectivity index (χ0v) is 11.2. The quantitative estimate of drug-likeness (QED) is 0.832. The predicted molar refractivity (Wildman–Crippen MR) is 73.0 cm³/mol. The highest BCUT2D eigenvalue weighted by Crippen LogP contribution is 2.15. The standard InChI is InChI=1S/C14H20N2O3/c1-11-10-16(6-8-18-11)14(17)5-7-19-13-4-2-3-12(15)9-13/h2-4,9,11H,5-8,10,15H2,1H3. The molecule has 1 amide bonds. The Morgan fingerprint density at radius 1 is 1.58 bits per heavy atom. The highest BCUT2D eigenvalue weighted by molar-refractivity contribution is 5.76. The molecule has 1 aliphatic rings. The van der Waals surface area contributed by atoms with Gasteiger partial charge >= 0.3 is 0 Å². The number of nitrogens with two attached hydrogens (primary N) is 1. The van der Waals surface area contributed by atoms with Gasteiger partial charge in [-0.15, -0.1) is 0 Å². The van der Waals surface area contributed by atoms with Crippen molar-refractivity contribution in [1.82, 2.24) is 4.90 Å². The number of hydrogen-bond donors (Lipinski definition) is 1. The van der Waals surface area contributed by atoms with Crippen molar-refractivity contribution in [1.29, 1.82) is 0 Å². The summed E-state index contributed by atoms with van der Waals surface area (Å²) in [5.74, 6) is 0.808. The third-order valence-electron chi connectivity index (χ3n) is 3.04. The van der Waals surface area contributed by atoms with Crippen molar-refractivity contribution in [2.24, 2.45) is 0 Å². The molecular formula is C14H20N2O3. The van der Waals surface area contributed by atoms with Gasteiger partial charge in [0.15, 0.2) is 0 Å². The van der Waals surface area contributed by atoms with Crippen LogP contribution in [-0.4, -0.2) is 43.2 Å². The highest BCUT2D eigenvalue weighted by atomic mass is 16.5. The number of amides is 1. The fourth-order valence-electron chi connectivity index (χ4n) is 2.06. The van der Waals surface area contributed by atoms with Gasteiger partial charge in [0.2, 0.25) is 5.91 Å². The van der Waals surface area contributed by atoms with Gasteiger partial charge in [-0.3, -0.25) is 4.79 Å². The highest BCUT2D eigenvalue weighted by Gasteiger charge is 2.20. The van der Waals surface area contributed by atoms with Crippen molar-refractivity contribution in [3.05, 3.63) is 24.3 Å². The second-order valence-corrected chi connectivity index (χ2v) is 4.69. The Balaban J connectivity index is 1.74. The van der Waals surface area contributed by atoms with Gasteiger partial charge in [0.1, 0.15) is 5.75 Å². The van der Waals surface area contributed by atoms with Gasteiger partial charge in [-0.1, -0.05) is 6.07 Å². The number of carbonyl (C=O) groups excluding carboxylic acids is 1. The Bertz CT molecular complexity index is 436.